The van der Waals surface area contributed by atoms with Gasteiger partial charge in [0.05, 0.1) is 0 Å². The minimum atomic E-state index is -0.272. The molecule has 0 bridgehead atoms. The number of hydrogen-bond acceptors (Lipinski definition) is 3. The third-order valence-corrected chi connectivity index (χ3v) is 3.23. The quantitative estimate of drug-likeness (QED) is 0.476. The minimum absolute atomic E-state index is 0.00718. The van der Waals surface area contributed by atoms with E-state index in [1.165, 1.54) is 12.5 Å². The van der Waals surface area contributed by atoms with Crippen LogP contribution in [-0.4, -0.2) is 11.8 Å². The fraction of sp³-hybridized carbons (Fsp3) is 0.222. The number of rotatable bonds is 5. The molecule has 108 valence electrons. The summed E-state index contributed by atoms with van der Waals surface area (Å²) in [7, 11) is 0. The van der Waals surface area contributed by atoms with Crippen molar-refractivity contribution in [1.82, 2.24) is 0 Å². The Labute approximate surface area is 124 Å². The van der Waals surface area contributed by atoms with Crippen LogP contribution in [0.5, 0.6) is 5.75 Å². The van der Waals surface area contributed by atoms with Gasteiger partial charge in [0.2, 0.25) is 0 Å². The molecular weight excluding hydrogens is 264 g/mol. The lowest BCUT2D eigenvalue weighted by molar-refractivity contribution is -0.134. The normalized spacial score (nSPS) is 10.2. The van der Waals surface area contributed by atoms with Gasteiger partial charge in [-0.15, -0.1) is 0 Å². The summed E-state index contributed by atoms with van der Waals surface area (Å²) in [5.74, 6) is 0.187. The zero-order valence-electron chi connectivity index (χ0n) is 12.3. The molecule has 2 rings (SSSR count). The number of carbonyl (C=O) groups excluding carboxylic acids is 2. The van der Waals surface area contributed by atoms with Crippen LogP contribution in [0.15, 0.2) is 48.5 Å². The number of carbonyl (C=O) groups is 2. The van der Waals surface area contributed by atoms with E-state index >= 15 is 0 Å². The molecule has 0 amide bonds. The molecule has 0 aliphatic heterocycles. The maximum Gasteiger partial charge on any atom is 0.311 e. The van der Waals surface area contributed by atoms with Crippen molar-refractivity contribution in [3.63, 3.8) is 0 Å². The van der Waals surface area contributed by atoms with E-state index in [0.29, 0.717) is 24.2 Å². The molecule has 0 spiro atoms. The molecule has 0 heterocycles. The van der Waals surface area contributed by atoms with Crippen LogP contribution in [0.25, 0.3) is 0 Å². The topological polar surface area (TPSA) is 43.4 Å². The number of aryl methyl sites for hydroxylation is 2. The molecule has 3 heteroatoms. The van der Waals surface area contributed by atoms with Gasteiger partial charge in [0.15, 0.2) is 5.78 Å². The SMILES string of the molecule is CC(=O)c1ccc(OC(=O)CCc2ccc(C)cc2)cc1. The molecule has 0 atom stereocenters. The van der Waals surface area contributed by atoms with E-state index in [4.69, 9.17) is 4.74 Å². The lowest BCUT2D eigenvalue weighted by Gasteiger charge is -2.05. The maximum atomic E-state index is 11.8. The van der Waals surface area contributed by atoms with Crippen molar-refractivity contribution in [3.05, 3.63) is 65.2 Å². The van der Waals surface area contributed by atoms with Crippen LogP contribution in [0.2, 0.25) is 0 Å². The van der Waals surface area contributed by atoms with Gasteiger partial charge in [0.1, 0.15) is 5.75 Å². The van der Waals surface area contributed by atoms with Crippen LogP contribution >= 0.6 is 0 Å². The molecule has 3 nitrogen and oxygen atoms in total. The minimum Gasteiger partial charge on any atom is -0.427 e. The Morgan fingerprint density at radius 3 is 2.14 bits per heavy atom. The Morgan fingerprint density at radius 1 is 0.952 bits per heavy atom. The molecule has 0 saturated carbocycles. The Morgan fingerprint density at radius 2 is 1.57 bits per heavy atom. The molecule has 21 heavy (non-hydrogen) atoms. The van der Waals surface area contributed by atoms with Gasteiger partial charge in [-0.25, -0.2) is 0 Å². The Balaban J connectivity index is 1.86. The third kappa shape index (κ3) is 4.56. The Kier molecular flexibility index (Phi) is 4.88. The molecular formula is C18H18O3. The van der Waals surface area contributed by atoms with Gasteiger partial charge >= 0.3 is 5.97 Å². The number of hydrogen-bond donors (Lipinski definition) is 0. The highest BCUT2D eigenvalue weighted by Crippen LogP contribution is 2.14. The summed E-state index contributed by atoms with van der Waals surface area (Å²) >= 11 is 0. The zero-order chi connectivity index (χ0) is 15.2. The first-order valence-electron chi connectivity index (χ1n) is 6.92. The molecule has 0 unspecified atom stereocenters. The van der Waals surface area contributed by atoms with Crippen LogP contribution in [0.1, 0.15) is 34.8 Å². The van der Waals surface area contributed by atoms with E-state index in [0.717, 1.165) is 5.56 Å². The monoisotopic (exact) mass is 282 g/mol. The lowest BCUT2D eigenvalue weighted by atomic mass is 10.1. The molecule has 0 aliphatic carbocycles. The second kappa shape index (κ2) is 6.84. The van der Waals surface area contributed by atoms with Gasteiger partial charge in [-0.05, 0) is 50.1 Å². The van der Waals surface area contributed by atoms with Crippen molar-refractivity contribution >= 4 is 11.8 Å². The summed E-state index contributed by atoms with van der Waals surface area (Å²) in [6, 6.07) is 14.7. The van der Waals surface area contributed by atoms with E-state index in [1.807, 2.05) is 31.2 Å². The summed E-state index contributed by atoms with van der Waals surface area (Å²) in [4.78, 5) is 22.9. The molecule has 2 aromatic rings. The summed E-state index contributed by atoms with van der Waals surface area (Å²) in [6.07, 6.45) is 0.988. The average molecular weight is 282 g/mol. The van der Waals surface area contributed by atoms with Crippen LogP contribution < -0.4 is 4.74 Å². The number of Topliss-reactive ketones (excluding diaryl/α,β-unsaturated/α-hetero) is 1. The van der Waals surface area contributed by atoms with Crippen molar-refractivity contribution in [2.24, 2.45) is 0 Å². The zero-order valence-corrected chi connectivity index (χ0v) is 12.3. The summed E-state index contributed by atoms with van der Waals surface area (Å²) in [5, 5.41) is 0. The van der Waals surface area contributed by atoms with Gasteiger partial charge in [-0.1, -0.05) is 29.8 Å². The fourth-order valence-electron chi connectivity index (χ4n) is 1.94. The van der Waals surface area contributed by atoms with Crippen LogP contribution in [-0.2, 0) is 11.2 Å². The highest BCUT2D eigenvalue weighted by Gasteiger charge is 2.06. The molecule has 0 aliphatic rings. The molecule has 0 saturated heterocycles. The predicted octanol–water partition coefficient (Wildman–Crippen LogP) is 3.74. The number of ketones is 1. The summed E-state index contributed by atoms with van der Waals surface area (Å²) in [6.45, 7) is 3.53. The predicted molar refractivity (Wildman–Crippen MR) is 81.6 cm³/mol. The molecule has 0 radical (unpaired) electrons. The smallest absolute Gasteiger partial charge is 0.311 e. The highest BCUT2D eigenvalue weighted by molar-refractivity contribution is 5.94. The van der Waals surface area contributed by atoms with E-state index < -0.39 is 0 Å². The summed E-state index contributed by atoms with van der Waals surface area (Å²) in [5.41, 5.74) is 2.92. The molecule has 0 fully saturated rings. The highest BCUT2D eigenvalue weighted by atomic mass is 16.5. The van der Waals surface area contributed by atoms with Crippen molar-refractivity contribution in [2.45, 2.75) is 26.7 Å². The van der Waals surface area contributed by atoms with Gasteiger partial charge in [-0.3, -0.25) is 9.59 Å². The van der Waals surface area contributed by atoms with E-state index in [1.54, 1.807) is 24.3 Å². The van der Waals surface area contributed by atoms with Crippen molar-refractivity contribution < 1.29 is 14.3 Å². The number of ether oxygens (including phenoxy) is 1. The fourth-order valence-corrected chi connectivity index (χ4v) is 1.94. The van der Waals surface area contributed by atoms with Crippen molar-refractivity contribution in [1.29, 1.82) is 0 Å². The van der Waals surface area contributed by atoms with Gasteiger partial charge in [0, 0.05) is 12.0 Å². The lowest BCUT2D eigenvalue weighted by Crippen LogP contribution is -2.09. The third-order valence-electron chi connectivity index (χ3n) is 3.23. The van der Waals surface area contributed by atoms with E-state index in [-0.39, 0.29) is 11.8 Å². The van der Waals surface area contributed by atoms with Gasteiger partial charge < -0.3 is 4.74 Å². The first-order valence-corrected chi connectivity index (χ1v) is 6.92. The second-order valence-corrected chi connectivity index (χ2v) is 5.04. The van der Waals surface area contributed by atoms with Crippen LogP contribution in [0, 0.1) is 6.92 Å². The van der Waals surface area contributed by atoms with Crippen molar-refractivity contribution in [2.75, 3.05) is 0 Å². The molecule has 0 aromatic heterocycles. The maximum absolute atomic E-state index is 11.8. The largest absolute Gasteiger partial charge is 0.427 e. The average Bonchev–Trinajstić information content (AvgIpc) is 2.47. The van der Waals surface area contributed by atoms with Gasteiger partial charge in [0.25, 0.3) is 0 Å². The van der Waals surface area contributed by atoms with Crippen LogP contribution in [0.4, 0.5) is 0 Å². The van der Waals surface area contributed by atoms with Crippen molar-refractivity contribution in [3.8, 4) is 5.75 Å². The first-order chi connectivity index (χ1) is 10.0. The Hall–Kier alpha value is -2.42. The molecule has 2 aromatic carbocycles. The number of benzene rings is 2. The first kappa shape index (κ1) is 15.0. The standard InChI is InChI=1S/C18H18O3/c1-13-3-5-15(6-4-13)7-12-18(20)21-17-10-8-16(9-11-17)14(2)19/h3-6,8-11H,7,12H2,1-2H3. The van der Waals surface area contributed by atoms with E-state index in [2.05, 4.69) is 0 Å². The molecule has 0 N–H and O–H groups in total. The van der Waals surface area contributed by atoms with Crippen LogP contribution in [0.3, 0.4) is 0 Å². The van der Waals surface area contributed by atoms with Gasteiger partial charge in [-0.2, -0.15) is 0 Å². The summed E-state index contributed by atoms with van der Waals surface area (Å²) < 4.78 is 5.24. The number of esters is 1. The Bertz CT molecular complexity index is 625. The van der Waals surface area contributed by atoms with E-state index in [9.17, 15) is 9.59 Å². The second-order valence-electron chi connectivity index (χ2n) is 5.04.